The van der Waals surface area contributed by atoms with E-state index in [9.17, 15) is 4.79 Å². The molecule has 2 aromatic carbocycles. The maximum absolute atomic E-state index is 13.3. The largest absolute Gasteiger partial charge is 0.454 e. The molecule has 0 atom stereocenters. The van der Waals surface area contributed by atoms with E-state index in [1.165, 1.54) is 16.9 Å². The second kappa shape index (κ2) is 8.80. The molecule has 4 aromatic rings. The summed E-state index contributed by atoms with van der Waals surface area (Å²) in [5.41, 5.74) is 3.79. The lowest BCUT2D eigenvalue weighted by Gasteiger charge is -2.17. The van der Waals surface area contributed by atoms with Crippen molar-refractivity contribution >= 4 is 38.7 Å². The molecule has 5 rings (SSSR count). The van der Waals surface area contributed by atoms with Crippen LogP contribution in [0, 0.1) is 0 Å². The van der Waals surface area contributed by atoms with Crippen molar-refractivity contribution in [2.75, 3.05) is 11.7 Å². The number of carbonyl (C=O) groups is 1. The van der Waals surface area contributed by atoms with Gasteiger partial charge >= 0.3 is 0 Å². The first-order chi connectivity index (χ1) is 15.7. The minimum Gasteiger partial charge on any atom is -0.454 e. The van der Waals surface area contributed by atoms with E-state index in [1.807, 2.05) is 42.5 Å². The van der Waals surface area contributed by atoms with E-state index in [-0.39, 0.29) is 12.7 Å². The van der Waals surface area contributed by atoms with E-state index >= 15 is 0 Å². The van der Waals surface area contributed by atoms with Crippen LogP contribution in [0.3, 0.4) is 0 Å². The predicted octanol–water partition coefficient (Wildman–Crippen LogP) is 5.23. The number of aromatic nitrogens is 2. The van der Waals surface area contributed by atoms with Crippen LogP contribution < -0.4 is 14.4 Å². The average molecular weight is 444 g/mol. The number of hydrogen-bond donors (Lipinski definition) is 0. The molecule has 32 heavy (non-hydrogen) atoms. The fraction of sp³-hybridized carbons (Fsp3) is 0.160. The van der Waals surface area contributed by atoms with E-state index in [0.29, 0.717) is 23.2 Å². The van der Waals surface area contributed by atoms with E-state index in [0.717, 1.165) is 27.9 Å². The molecule has 1 amide bonds. The van der Waals surface area contributed by atoms with Gasteiger partial charge in [-0.25, -0.2) is 4.98 Å². The second-order valence-corrected chi connectivity index (χ2v) is 8.35. The van der Waals surface area contributed by atoms with Gasteiger partial charge in [0.05, 0.1) is 22.5 Å². The number of hydrogen-bond acceptors (Lipinski definition) is 6. The van der Waals surface area contributed by atoms with Gasteiger partial charge in [-0.1, -0.05) is 36.5 Å². The first-order valence-corrected chi connectivity index (χ1v) is 11.2. The normalized spacial score (nSPS) is 12.5. The standard InChI is InChI=1S/C25H21N3O3S/c1-2-17-6-9-20-23(14-17)32-25(27-20)28(15-19-5-3-4-12-26-19)24(29)11-8-18-7-10-21-22(13-18)31-16-30-21/h3-14H,2,15-16H2,1H3/b11-8+. The monoisotopic (exact) mass is 443 g/mol. The van der Waals surface area contributed by atoms with Crippen LogP contribution in [0.15, 0.2) is 66.9 Å². The molecule has 0 saturated heterocycles. The number of ether oxygens (including phenoxy) is 2. The van der Waals surface area contributed by atoms with Gasteiger partial charge in [0, 0.05) is 12.3 Å². The molecule has 2 aromatic heterocycles. The lowest BCUT2D eigenvalue weighted by molar-refractivity contribution is -0.114. The number of nitrogens with zero attached hydrogens (tertiary/aromatic N) is 3. The molecule has 7 heteroatoms. The molecule has 0 unspecified atom stereocenters. The molecule has 0 bridgehead atoms. The highest BCUT2D eigenvalue weighted by molar-refractivity contribution is 7.22. The molecule has 0 saturated carbocycles. The van der Waals surface area contributed by atoms with Gasteiger partial charge in [0.2, 0.25) is 6.79 Å². The maximum atomic E-state index is 13.3. The van der Waals surface area contributed by atoms with E-state index < -0.39 is 0 Å². The molecule has 0 aliphatic carbocycles. The Morgan fingerprint density at radius 3 is 2.88 bits per heavy atom. The van der Waals surface area contributed by atoms with Gasteiger partial charge in [0.25, 0.3) is 5.91 Å². The Hall–Kier alpha value is -3.71. The Balaban J connectivity index is 1.46. The van der Waals surface area contributed by atoms with E-state index in [1.54, 1.807) is 23.2 Å². The third-order valence-electron chi connectivity index (χ3n) is 5.21. The molecule has 1 aliphatic heterocycles. The highest BCUT2D eigenvalue weighted by atomic mass is 32.1. The van der Waals surface area contributed by atoms with Gasteiger partial charge in [-0.3, -0.25) is 14.7 Å². The number of amides is 1. The second-order valence-electron chi connectivity index (χ2n) is 7.34. The number of fused-ring (bicyclic) bond motifs is 2. The Morgan fingerprint density at radius 1 is 1.12 bits per heavy atom. The van der Waals surface area contributed by atoms with Crippen molar-refractivity contribution in [3.63, 3.8) is 0 Å². The molecule has 1 aliphatic rings. The van der Waals surface area contributed by atoms with Crippen molar-refractivity contribution in [1.82, 2.24) is 9.97 Å². The molecule has 0 fully saturated rings. The van der Waals surface area contributed by atoms with E-state index in [4.69, 9.17) is 14.5 Å². The van der Waals surface area contributed by atoms with Gasteiger partial charge in [-0.05, 0) is 60.0 Å². The van der Waals surface area contributed by atoms with Crippen LogP contribution in [0.1, 0.15) is 23.7 Å². The van der Waals surface area contributed by atoms with Gasteiger partial charge in [0.15, 0.2) is 16.6 Å². The molecule has 0 radical (unpaired) electrons. The zero-order valence-electron chi connectivity index (χ0n) is 17.5. The summed E-state index contributed by atoms with van der Waals surface area (Å²) in [4.78, 5) is 24.1. The van der Waals surface area contributed by atoms with Crippen LogP contribution in [0.5, 0.6) is 11.5 Å². The van der Waals surface area contributed by atoms with Crippen molar-refractivity contribution in [2.45, 2.75) is 19.9 Å². The molecule has 0 N–H and O–H groups in total. The number of rotatable bonds is 6. The third kappa shape index (κ3) is 4.20. The molecule has 6 nitrogen and oxygen atoms in total. The van der Waals surface area contributed by atoms with Crippen LogP contribution in [0.25, 0.3) is 16.3 Å². The Kier molecular flexibility index (Phi) is 5.56. The number of anilines is 1. The van der Waals surface area contributed by atoms with Gasteiger partial charge < -0.3 is 9.47 Å². The summed E-state index contributed by atoms with van der Waals surface area (Å²) in [6.45, 7) is 2.68. The van der Waals surface area contributed by atoms with Crippen molar-refractivity contribution in [3.8, 4) is 11.5 Å². The summed E-state index contributed by atoms with van der Waals surface area (Å²) in [6.07, 6.45) is 6.02. The summed E-state index contributed by atoms with van der Waals surface area (Å²) in [5, 5.41) is 0.652. The maximum Gasteiger partial charge on any atom is 0.253 e. The van der Waals surface area contributed by atoms with Gasteiger partial charge in [0.1, 0.15) is 0 Å². The summed E-state index contributed by atoms with van der Waals surface area (Å²) in [6, 6.07) is 17.5. The number of aryl methyl sites for hydroxylation is 1. The summed E-state index contributed by atoms with van der Waals surface area (Å²) >= 11 is 1.52. The van der Waals surface area contributed by atoms with E-state index in [2.05, 4.69) is 24.0 Å². The summed E-state index contributed by atoms with van der Waals surface area (Å²) < 4.78 is 11.8. The molecule has 3 heterocycles. The minimum atomic E-state index is -0.164. The van der Waals surface area contributed by atoms with Crippen molar-refractivity contribution < 1.29 is 14.3 Å². The molecular formula is C25H21N3O3S. The number of pyridine rings is 1. The first-order valence-electron chi connectivity index (χ1n) is 10.4. The highest BCUT2D eigenvalue weighted by Crippen LogP contribution is 2.33. The minimum absolute atomic E-state index is 0.164. The zero-order chi connectivity index (χ0) is 21.9. The SMILES string of the molecule is CCc1ccc2nc(N(Cc3ccccn3)C(=O)/C=C/c3ccc4c(c3)OCO4)sc2c1. The van der Waals surface area contributed by atoms with Crippen LogP contribution in [-0.2, 0) is 17.8 Å². The predicted molar refractivity (Wildman–Crippen MR) is 126 cm³/mol. The fourth-order valence-corrected chi connectivity index (χ4v) is 4.49. The fourth-order valence-electron chi connectivity index (χ4n) is 3.46. The van der Waals surface area contributed by atoms with Crippen molar-refractivity contribution in [1.29, 1.82) is 0 Å². The van der Waals surface area contributed by atoms with Crippen molar-refractivity contribution in [2.24, 2.45) is 0 Å². The average Bonchev–Trinajstić information content (AvgIpc) is 3.47. The lowest BCUT2D eigenvalue weighted by atomic mass is 10.2. The van der Waals surface area contributed by atoms with Gasteiger partial charge in [-0.15, -0.1) is 0 Å². The smallest absolute Gasteiger partial charge is 0.253 e. The highest BCUT2D eigenvalue weighted by Gasteiger charge is 2.19. The lowest BCUT2D eigenvalue weighted by Crippen LogP contribution is -2.29. The summed E-state index contributed by atoms with van der Waals surface area (Å²) in [5.74, 6) is 1.23. The number of carbonyl (C=O) groups excluding carboxylic acids is 1. The Morgan fingerprint density at radius 2 is 2.03 bits per heavy atom. The quantitative estimate of drug-likeness (QED) is 0.382. The summed E-state index contributed by atoms with van der Waals surface area (Å²) in [7, 11) is 0. The van der Waals surface area contributed by atoms with Crippen LogP contribution in [0.4, 0.5) is 5.13 Å². The van der Waals surface area contributed by atoms with Gasteiger partial charge in [-0.2, -0.15) is 0 Å². The van der Waals surface area contributed by atoms with Crippen LogP contribution >= 0.6 is 11.3 Å². The van der Waals surface area contributed by atoms with Crippen molar-refractivity contribution in [3.05, 3.63) is 83.7 Å². The number of thiazole rings is 1. The van der Waals surface area contributed by atoms with Crippen LogP contribution in [0.2, 0.25) is 0 Å². The molecule has 160 valence electrons. The number of benzene rings is 2. The first kappa shape index (κ1) is 20.2. The molecule has 0 spiro atoms. The third-order valence-corrected chi connectivity index (χ3v) is 6.25. The molecular weight excluding hydrogens is 422 g/mol. The Labute approximate surface area is 189 Å². The zero-order valence-corrected chi connectivity index (χ0v) is 18.3. The topological polar surface area (TPSA) is 64.6 Å². The Bertz CT molecular complexity index is 1300. The van der Waals surface area contributed by atoms with Crippen LogP contribution in [-0.4, -0.2) is 22.7 Å².